The normalized spacial score (nSPS) is 16.8. The van der Waals surface area contributed by atoms with E-state index in [1.54, 1.807) is 11.9 Å². The number of likely N-dealkylation sites (tertiary alicyclic amines) is 1. The summed E-state index contributed by atoms with van der Waals surface area (Å²) in [6, 6.07) is 7.59. The number of hydrogen-bond acceptors (Lipinski definition) is 3. The van der Waals surface area contributed by atoms with E-state index in [0.717, 1.165) is 10.9 Å². The van der Waals surface area contributed by atoms with Gasteiger partial charge in [-0.3, -0.25) is 4.79 Å². The smallest absolute Gasteiger partial charge is 0.272 e. The Morgan fingerprint density at radius 1 is 1.24 bits per heavy atom. The molecule has 3 rings (SSSR count). The van der Waals surface area contributed by atoms with Crippen LogP contribution in [0, 0.1) is 0 Å². The van der Waals surface area contributed by atoms with Crippen molar-refractivity contribution in [1.82, 2.24) is 13.8 Å². The predicted molar refractivity (Wildman–Crippen MR) is 99.5 cm³/mol. The summed E-state index contributed by atoms with van der Waals surface area (Å²) >= 11 is 6.46. The number of carbonyl (C=O) groups is 1. The van der Waals surface area contributed by atoms with Gasteiger partial charge in [0.2, 0.25) is 10.0 Å². The van der Waals surface area contributed by atoms with Crippen LogP contribution in [0.2, 0.25) is 5.02 Å². The van der Waals surface area contributed by atoms with Crippen molar-refractivity contribution in [2.24, 2.45) is 7.05 Å². The molecule has 1 fully saturated rings. The zero-order valence-corrected chi connectivity index (χ0v) is 16.1. The molecule has 1 aliphatic rings. The highest BCUT2D eigenvalue weighted by Gasteiger charge is 2.31. The number of aromatic nitrogens is 1. The maximum absolute atomic E-state index is 13.0. The van der Waals surface area contributed by atoms with E-state index in [9.17, 15) is 13.2 Å². The number of hydrogen-bond donors (Lipinski definition) is 0. The van der Waals surface area contributed by atoms with Crippen LogP contribution in [0.5, 0.6) is 0 Å². The summed E-state index contributed by atoms with van der Waals surface area (Å²) in [5.74, 6) is -0.107. The fourth-order valence-electron chi connectivity index (χ4n) is 3.44. The molecule has 1 saturated heterocycles. The molecule has 0 bridgehead atoms. The van der Waals surface area contributed by atoms with Crippen molar-refractivity contribution in [3.8, 4) is 0 Å². The van der Waals surface area contributed by atoms with Crippen molar-refractivity contribution in [2.75, 3.05) is 26.4 Å². The fourth-order valence-corrected chi connectivity index (χ4v) is 4.56. The summed E-state index contributed by atoms with van der Waals surface area (Å²) in [5.41, 5.74) is 1.40. The SMILES string of the molecule is CN(C1CCN(C(=O)c2c(Cl)c3ccccc3n2C)CC1)S(C)(=O)=O. The van der Waals surface area contributed by atoms with Gasteiger partial charge in [-0.05, 0) is 18.9 Å². The number of para-hydroxylation sites is 1. The van der Waals surface area contributed by atoms with Gasteiger partial charge in [0, 0.05) is 44.1 Å². The number of sulfonamides is 1. The number of fused-ring (bicyclic) bond motifs is 1. The van der Waals surface area contributed by atoms with E-state index in [-0.39, 0.29) is 11.9 Å². The Morgan fingerprint density at radius 3 is 2.40 bits per heavy atom. The van der Waals surface area contributed by atoms with E-state index in [4.69, 9.17) is 11.6 Å². The molecule has 0 radical (unpaired) electrons. The Hall–Kier alpha value is -1.57. The summed E-state index contributed by atoms with van der Waals surface area (Å²) in [6.07, 6.45) is 2.45. The highest BCUT2D eigenvalue weighted by Crippen LogP contribution is 2.31. The van der Waals surface area contributed by atoms with Gasteiger partial charge < -0.3 is 9.47 Å². The number of piperidine rings is 1. The van der Waals surface area contributed by atoms with Crippen LogP contribution in [0.1, 0.15) is 23.3 Å². The first-order valence-electron chi connectivity index (χ1n) is 8.17. The Labute approximate surface area is 153 Å². The number of nitrogens with zero attached hydrogens (tertiary/aromatic N) is 3. The van der Waals surface area contributed by atoms with Gasteiger partial charge in [0.15, 0.2) is 0 Å². The van der Waals surface area contributed by atoms with Gasteiger partial charge in [-0.1, -0.05) is 29.8 Å². The van der Waals surface area contributed by atoms with E-state index >= 15 is 0 Å². The molecule has 1 aromatic carbocycles. The highest BCUT2D eigenvalue weighted by molar-refractivity contribution is 7.88. The molecule has 1 aliphatic heterocycles. The summed E-state index contributed by atoms with van der Waals surface area (Å²) in [4.78, 5) is 14.7. The third kappa shape index (κ3) is 3.28. The molecular formula is C17H22ClN3O3S. The van der Waals surface area contributed by atoms with E-state index < -0.39 is 10.0 Å². The van der Waals surface area contributed by atoms with Crippen LogP contribution in [-0.4, -0.2) is 60.5 Å². The minimum absolute atomic E-state index is 0.0676. The molecule has 0 unspecified atom stereocenters. The molecule has 1 aromatic heterocycles. The van der Waals surface area contributed by atoms with Crippen molar-refractivity contribution >= 4 is 38.4 Å². The number of benzene rings is 1. The first-order chi connectivity index (χ1) is 11.7. The van der Waals surface area contributed by atoms with Crippen molar-refractivity contribution in [2.45, 2.75) is 18.9 Å². The third-order valence-electron chi connectivity index (χ3n) is 5.04. The van der Waals surface area contributed by atoms with Crippen LogP contribution in [-0.2, 0) is 17.1 Å². The zero-order chi connectivity index (χ0) is 18.4. The molecule has 0 saturated carbocycles. The van der Waals surface area contributed by atoms with Crippen LogP contribution >= 0.6 is 11.6 Å². The molecule has 1 amide bonds. The molecule has 0 aliphatic carbocycles. The lowest BCUT2D eigenvalue weighted by Crippen LogP contribution is -2.47. The summed E-state index contributed by atoms with van der Waals surface area (Å²) in [5, 5.41) is 1.33. The molecule has 2 aromatic rings. The monoisotopic (exact) mass is 383 g/mol. The van der Waals surface area contributed by atoms with Gasteiger partial charge >= 0.3 is 0 Å². The van der Waals surface area contributed by atoms with Gasteiger partial charge in [0.25, 0.3) is 5.91 Å². The molecule has 2 heterocycles. The van der Waals surface area contributed by atoms with E-state index in [1.807, 2.05) is 35.9 Å². The van der Waals surface area contributed by atoms with Gasteiger partial charge in [-0.15, -0.1) is 0 Å². The minimum atomic E-state index is -3.22. The summed E-state index contributed by atoms with van der Waals surface area (Å²) in [7, 11) is 0.216. The highest BCUT2D eigenvalue weighted by atomic mass is 35.5. The zero-order valence-electron chi connectivity index (χ0n) is 14.6. The average molecular weight is 384 g/mol. The molecule has 25 heavy (non-hydrogen) atoms. The number of amides is 1. The van der Waals surface area contributed by atoms with Crippen molar-refractivity contribution in [3.05, 3.63) is 35.0 Å². The van der Waals surface area contributed by atoms with Gasteiger partial charge in [0.1, 0.15) is 5.69 Å². The van der Waals surface area contributed by atoms with Crippen LogP contribution in [0.4, 0.5) is 0 Å². The molecule has 0 atom stereocenters. The standard InChI is InChI=1S/C17H22ClN3O3S/c1-19-14-7-5-4-6-13(14)15(18)16(19)17(22)21-10-8-12(9-11-21)20(2)25(3,23)24/h4-7,12H,8-11H2,1-3H3. The maximum atomic E-state index is 13.0. The Bertz CT molecular complexity index is 876. The summed E-state index contributed by atoms with van der Waals surface area (Å²) < 4.78 is 26.6. The molecule has 0 spiro atoms. The van der Waals surface area contributed by atoms with E-state index in [1.165, 1.54) is 10.6 Å². The predicted octanol–water partition coefficient (Wildman–Crippen LogP) is 2.33. The van der Waals surface area contributed by atoms with Gasteiger partial charge in [-0.2, -0.15) is 0 Å². The molecule has 8 heteroatoms. The summed E-state index contributed by atoms with van der Waals surface area (Å²) in [6.45, 7) is 1.03. The second kappa shape index (κ2) is 6.63. The van der Waals surface area contributed by atoms with Crippen LogP contribution in [0.25, 0.3) is 10.9 Å². The number of halogens is 1. The average Bonchev–Trinajstić information content (AvgIpc) is 2.84. The molecule has 136 valence electrons. The second-order valence-electron chi connectivity index (χ2n) is 6.54. The molecule has 6 nitrogen and oxygen atoms in total. The Balaban J connectivity index is 1.80. The van der Waals surface area contributed by atoms with Gasteiger partial charge in [-0.25, -0.2) is 12.7 Å². The number of aryl methyl sites for hydroxylation is 1. The van der Waals surface area contributed by atoms with Crippen LogP contribution in [0.3, 0.4) is 0 Å². The first kappa shape index (κ1) is 18.2. The number of rotatable bonds is 3. The minimum Gasteiger partial charge on any atom is -0.338 e. The number of carbonyl (C=O) groups excluding carboxylic acids is 1. The maximum Gasteiger partial charge on any atom is 0.272 e. The van der Waals surface area contributed by atoms with E-state index in [0.29, 0.717) is 36.6 Å². The lowest BCUT2D eigenvalue weighted by Gasteiger charge is -2.35. The lowest BCUT2D eigenvalue weighted by molar-refractivity contribution is 0.0677. The van der Waals surface area contributed by atoms with Crippen LogP contribution < -0.4 is 0 Å². The topological polar surface area (TPSA) is 62.6 Å². The van der Waals surface area contributed by atoms with Crippen molar-refractivity contribution in [3.63, 3.8) is 0 Å². The van der Waals surface area contributed by atoms with Crippen LogP contribution in [0.15, 0.2) is 24.3 Å². The van der Waals surface area contributed by atoms with Crippen molar-refractivity contribution < 1.29 is 13.2 Å². The Morgan fingerprint density at radius 2 is 1.84 bits per heavy atom. The molecule has 0 N–H and O–H groups in total. The van der Waals surface area contributed by atoms with Crippen molar-refractivity contribution in [1.29, 1.82) is 0 Å². The van der Waals surface area contributed by atoms with Gasteiger partial charge in [0.05, 0.1) is 11.3 Å². The quantitative estimate of drug-likeness (QED) is 0.817. The first-order valence-corrected chi connectivity index (χ1v) is 10.4. The third-order valence-corrected chi connectivity index (χ3v) is 6.76. The fraction of sp³-hybridized carbons (Fsp3) is 0.471. The second-order valence-corrected chi connectivity index (χ2v) is 8.96. The Kier molecular flexibility index (Phi) is 4.83. The molecular weight excluding hydrogens is 362 g/mol. The lowest BCUT2D eigenvalue weighted by atomic mass is 10.0. The van der Waals surface area contributed by atoms with E-state index in [2.05, 4.69) is 0 Å². The largest absolute Gasteiger partial charge is 0.338 e.